The van der Waals surface area contributed by atoms with Crippen molar-refractivity contribution >= 4 is 23.7 Å². The number of carbonyl (C=O) groups excluding carboxylic acids is 4. The number of ketones is 1. The minimum atomic E-state index is -2.32. The highest BCUT2D eigenvalue weighted by Gasteiger charge is 2.85. The third-order valence-electron chi connectivity index (χ3n) is 11.7. The average Bonchev–Trinajstić information content (AvgIpc) is 3.34. The van der Waals surface area contributed by atoms with Crippen molar-refractivity contribution < 1.29 is 78.2 Å². The Morgan fingerprint density at radius 3 is 2.35 bits per heavy atom. The van der Waals surface area contributed by atoms with Crippen molar-refractivity contribution in [2.45, 2.75) is 101 Å². The van der Waals surface area contributed by atoms with Crippen LogP contribution in [-0.2, 0) is 47.6 Å². The lowest BCUT2D eigenvalue weighted by molar-refractivity contribution is -0.296. The molecule has 4 unspecified atom stereocenters. The normalized spacial score (nSPS) is 49.3. The first-order valence-corrected chi connectivity index (χ1v) is 16.2. The number of aliphatic hydroxyl groups is 6. The van der Waals surface area contributed by atoms with Crippen molar-refractivity contribution in [3.63, 3.8) is 0 Å². The maximum atomic E-state index is 13.8. The van der Waals surface area contributed by atoms with Gasteiger partial charge in [0.15, 0.2) is 11.5 Å². The second-order valence-corrected chi connectivity index (χ2v) is 14.7. The van der Waals surface area contributed by atoms with Crippen LogP contribution in [0.4, 0.5) is 0 Å². The molecule has 268 valence electrons. The molecule has 3 aliphatic carbocycles. The van der Waals surface area contributed by atoms with E-state index in [1.54, 1.807) is 27.7 Å². The number of hydrogen-bond donors (Lipinski definition) is 6. The van der Waals surface area contributed by atoms with Gasteiger partial charge in [0.1, 0.15) is 36.6 Å². The van der Waals surface area contributed by atoms with Crippen molar-refractivity contribution in [2.75, 3.05) is 20.3 Å². The monoisotopic (exact) mass is 684 g/mol. The molecule has 0 radical (unpaired) electrons. The van der Waals surface area contributed by atoms with E-state index in [1.807, 2.05) is 0 Å². The zero-order valence-corrected chi connectivity index (χ0v) is 27.3. The van der Waals surface area contributed by atoms with E-state index in [2.05, 4.69) is 0 Å². The van der Waals surface area contributed by atoms with Gasteiger partial charge in [-0.25, -0.2) is 9.59 Å². The van der Waals surface area contributed by atoms with Gasteiger partial charge in [-0.1, -0.05) is 27.7 Å². The minimum absolute atomic E-state index is 0.0576. The van der Waals surface area contributed by atoms with Gasteiger partial charge in [-0.3, -0.25) is 9.59 Å². The molecule has 5 fully saturated rings. The molecule has 3 aliphatic heterocycles. The number of rotatable bonds is 7. The van der Waals surface area contributed by atoms with Gasteiger partial charge < -0.3 is 59.1 Å². The lowest BCUT2D eigenvalue weighted by atomic mass is 9.38. The number of esters is 3. The predicted molar refractivity (Wildman–Crippen MR) is 155 cm³/mol. The van der Waals surface area contributed by atoms with E-state index in [4.69, 9.17) is 28.4 Å². The highest BCUT2D eigenvalue weighted by atomic mass is 16.7. The molecule has 1 spiro atoms. The number of ether oxygens (including phenoxy) is 6. The highest BCUT2D eigenvalue weighted by Crippen LogP contribution is 2.72. The predicted octanol–water partition coefficient (Wildman–Crippen LogP) is -2.29. The van der Waals surface area contributed by atoms with Crippen LogP contribution in [0.5, 0.6) is 0 Å². The number of methoxy groups -OCH3 is 1. The molecule has 0 amide bonds. The molecule has 2 saturated carbocycles. The van der Waals surface area contributed by atoms with E-state index < -0.39 is 126 Å². The van der Waals surface area contributed by atoms with Gasteiger partial charge >= 0.3 is 17.9 Å². The average molecular weight is 685 g/mol. The summed E-state index contributed by atoms with van der Waals surface area (Å²) < 4.78 is 34.2. The van der Waals surface area contributed by atoms with E-state index in [9.17, 15) is 49.8 Å². The lowest BCUT2D eigenvalue weighted by Crippen LogP contribution is -2.79. The second-order valence-electron chi connectivity index (χ2n) is 14.7. The van der Waals surface area contributed by atoms with Crippen LogP contribution in [0.3, 0.4) is 0 Å². The molecular weight excluding hydrogens is 640 g/mol. The third kappa shape index (κ3) is 4.63. The van der Waals surface area contributed by atoms with E-state index in [0.717, 1.165) is 7.11 Å². The number of fused-ring (bicyclic) bond motifs is 2. The minimum Gasteiger partial charge on any atom is -0.467 e. The third-order valence-corrected chi connectivity index (χ3v) is 11.7. The molecule has 2 bridgehead atoms. The molecule has 16 nitrogen and oxygen atoms in total. The standard InChI is InChI=1S/C32H44O16/c1-11(2)6-17(34)48-23-25-31-10-44-32(25,29(42)43-5)26(40)22(39)24(31)30(4)8-14(18(35)12(3)13(30)7-16(31)47-27(23)41)45-28-21(38)20(37)19(36)15(9-33)46-28/h8,11-13,15-16,19-26,28,33,36-40H,6-7,9-10H2,1-5H3/t12?,13?,15-,16-,19-,20+,21-,22-,23-,24?,25-,26?,28-,30+,31-,32+/m1/s1. The molecule has 48 heavy (non-hydrogen) atoms. The largest absolute Gasteiger partial charge is 0.467 e. The number of hydrogen-bond acceptors (Lipinski definition) is 16. The molecular formula is C32H44O16. The molecule has 3 saturated heterocycles. The Labute approximate surface area is 275 Å². The van der Waals surface area contributed by atoms with Gasteiger partial charge in [0.2, 0.25) is 18.0 Å². The first-order valence-electron chi connectivity index (χ1n) is 16.2. The van der Waals surface area contributed by atoms with Gasteiger partial charge in [-0.05, 0) is 29.7 Å². The summed E-state index contributed by atoms with van der Waals surface area (Å²) in [6, 6.07) is 0. The number of Topliss-reactive ketones (excluding diaryl/α,β-unsaturated/α-hetero) is 1. The maximum absolute atomic E-state index is 13.8. The van der Waals surface area contributed by atoms with Crippen LogP contribution in [0.1, 0.15) is 40.5 Å². The van der Waals surface area contributed by atoms with Crippen LogP contribution in [-0.4, -0.2) is 135 Å². The topological polar surface area (TPSA) is 245 Å². The molecule has 16 heteroatoms. The summed E-state index contributed by atoms with van der Waals surface area (Å²) in [4.78, 5) is 54.0. The van der Waals surface area contributed by atoms with E-state index in [-0.39, 0.29) is 31.1 Å². The molecule has 0 aromatic rings. The zero-order chi connectivity index (χ0) is 35.2. The molecule has 0 aromatic carbocycles. The quantitative estimate of drug-likeness (QED) is 0.122. The first-order chi connectivity index (χ1) is 22.5. The molecule has 3 heterocycles. The summed E-state index contributed by atoms with van der Waals surface area (Å²) in [6.45, 7) is 5.84. The van der Waals surface area contributed by atoms with Gasteiger partial charge in [0.25, 0.3) is 0 Å². The van der Waals surface area contributed by atoms with Crippen LogP contribution in [0, 0.1) is 40.4 Å². The SMILES string of the molecule is COC(=O)[C@@]12OC[C@]34C([C@@H](O)C1O)[C@@]1(C)C=C(O[C@@H]5O[C@H](CO)[C@@H](O)[C@H](O)[C@H]5O)C(=O)C(C)C1C[C@H]3OC(=O)[C@H](OC(=O)CC(C)C)[C@H]42. The summed E-state index contributed by atoms with van der Waals surface area (Å²) in [5.41, 5.74) is -5.03. The Morgan fingerprint density at radius 2 is 1.73 bits per heavy atom. The Kier molecular flexibility index (Phi) is 8.76. The summed E-state index contributed by atoms with van der Waals surface area (Å²) in [7, 11) is 1.06. The molecule has 6 N–H and O–H groups in total. The zero-order valence-electron chi connectivity index (χ0n) is 27.3. The Morgan fingerprint density at radius 1 is 1.04 bits per heavy atom. The van der Waals surface area contributed by atoms with Gasteiger partial charge in [-0.2, -0.15) is 0 Å². The highest BCUT2D eigenvalue weighted by molar-refractivity contribution is 5.96. The number of allylic oxidation sites excluding steroid dienone is 2. The molecule has 16 atom stereocenters. The fourth-order valence-corrected chi connectivity index (χ4v) is 9.70. The number of aliphatic hydroxyl groups excluding tert-OH is 6. The summed E-state index contributed by atoms with van der Waals surface area (Å²) in [5.74, 6) is -7.71. The Hall–Kier alpha value is -2.70. The summed E-state index contributed by atoms with van der Waals surface area (Å²) in [6.07, 6.45) is -13.3. The smallest absolute Gasteiger partial charge is 0.348 e. The van der Waals surface area contributed by atoms with Gasteiger partial charge in [0.05, 0.1) is 32.3 Å². The molecule has 6 aliphatic rings. The summed E-state index contributed by atoms with van der Waals surface area (Å²) in [5, 5.41) is 64.6. The molecule has 6 rings (SSSR count). The van der Waals surface area contributed by atoms with E-state index in [1.165, 1.54) is 6.08 Å². The van der Waals surface area contributed by atoms with Crippen LogP contribution < -0.4 is 0 Å². The lowest BCUT2D eigenvalue weighted by Gasteiger charge is -2.67. The molecule has 0 aromatic heterocycles. The van der Waals surface area contributed by atoms with Crippen LogP contribution in [0.2, 0.25) is 0 Å². The van der Waals surface area contributed by atoms with E-state index in [0.29, 0.717) is 0 Å². The fourth-order valence-electron chi connectivity index (χ4n) is 9.70. The van der Waals surface area contributed by atoms with Crippen molar-refractivity contribution in [1.82, 2.24) is 0 Å². The van der Waals surface area contributed by atoms with Crippen LogP contribution in [0.25, 0.3) is 0 Å². The van der Waals surface area contributed by atoms with Crippen LogP contribution >= 0.6 is 0 Å². The summed E-state index contributed by atoms with van der Waals surface area (Å²) >= 11 is 0. The Bertz CT molecular complexity index is 1380. The van der Waals surface area contributed by atoms with Crippen molar-refractivity contribution in [3.05, 3.63) is 11.8 Å². The maximum Gasteiger partial charge on any atom is 0.348 e. The fraction of sp³-hybridized carbons (Fsp3) is 0.812. The van der Waals surface area contributed by atoms with Crippen LogP contribution in [0.15, 0.2) is 11.8 Å². The van der Waals surface area contributed by atoms with Crippen molar-refractivity contribution in [3.8, 4) is 0 Å². The van der Waals surface area contributed by atoms with E-state index >= 15 is 0 Å². The van der Waals surface area contributed by atoms with Crippen molar-refractivity contribution in [2.24, 2.45) is 40.4 Å². The second kappa shape index (κ2) is 12.0. The first kappa shape index (κ1) is 35.1. The van der Waals surface area contributed by atoms with Crippen molar-refractivity contribution in [1.29, 1.82) is 0 Å². The van der Waals surface area contributed by atoms with Gasteiger partial charge in [-0.15, -0.1) is 0 Å². The number of carbonyl (C=O) groups is 4. The Balaban J connectivity index is 1.47. The van der Waals surface area contributed by atoms with Gasteiger partial charge in [0, 0.05) is 23.7 Å².